The van der Waals surface area contributed by atoms with Gasteiger partial charge >= 0.3 is 5.97 Å². The molecular weight excluding hydrogens is 548 g/mol. The summed E-state index contributed by atoms with van der Waals surface area (Å²) in [6, 6.07) is 10.3. The monoisotopic (exact) mass is 572 g/mol. The first kappa shape index (κ1) is 26.0. The van der Waals surface area contributed by atoms with E-state index in [2.05, 4.69) is 15.9 Å². The lowest BCUT2D eigenvalue weighted by Crippen LogP contribution is -2.44. The minimum atomic E-state index is -0.541. The molecule has 2 aromatic carbocycles. The van der Waals surface area contributed by atoms with Crippen molar-refractivity contribution in [1.29, 1.82) is 0 Å². The number of esters is 1. The van der Waals surface area contributed by atoms with Crippen molar-refractivity contribution in [2.45, 2.75) is 26.2 Å². The number of carbonyl (C=O) groups excluding carboxylic acids is 4. The standard InChI is InChI=1S/C26H25BrN2O6S/c1-16-6-8-18(9-7-16)25(32)35-23-19(27)12-17(13-20(23)34-2)14-21-24(31)29(26(33)36-21)15-22(30)28-10-4-3-5-11-28/h6-9,12-14H,3-5,10-11,15H2,1-2H3/b21-14-. The molecule has 0 unspecified atom stereocenters. The Bertz CT molecular complexity index is 1240. The lowest BCUT2D eigenvalue weighted by atomic mass is 10.1. The van der Waals surface area contributed by atoms with E-state index in [4.69, 9.17) is 9.47 Å². The molecule has 8 nitrogen and oxygen atoms in total. The molecule has 2 heterocycles. The van der Waals surface area contributed by atoms with Crippen molar-refractivity contribution in [3.05, 3.63) is 62.5 Å². The first-order valence-electron chi connectivity index (χ1n) is 11.5. The first-order chi connectivity index (χ1) is 17.3. The van der Waals surface area contributed by atoms with Crippen LogP contribution in [0.25, 0.3) is 6.08 Å². The minimum Gasteiger partial charge on any atom is -0.493 e. The van der Waals surface area contributed by atoms with Gasteiger partial charge in [0.2, 0.25) is 5.91 Å². The number of ether oxygens (including phenoxy) is 2. The van der Waals surface area contributed by atoms with E-state index >= 15 is 0 Å². The van der Waals surface area contributed by atoms with E-state index in [9.17, 15) is 19.2 Å². The number of thioether (sulfide) groups is 1. The van der Waals surface area contributed by atoms with E-state index in [1.54, 1.807) is 35.2 Å². The Kier molecular flexibility index (Phi) is 8.15. The van der Waals surface area contributed by atoms with Crippen LogP contribution >= 0.6 is 27.7 Å². The second kappa shape index (κ2) is 11.3. The fourth-order valence-electron chi connectivity index (χ4n) is 3.93. The number of amides is 3. The molecule has 0 bridgehead atoms. The lowest BCUT2D eigenvalue weighted by molar-refractivity contribution is -0.136. The highest BCUT2D eigenvalue weighted by atomic mass is 79.9. The van der Waals surface area contributed by atoms with Gasteiger partial charge in [0, 0.05) is 13.1 Å². The zero-order valence-corrected chi connectivity index (χ0v) is 22.3. The molecule has 0 atom stereocenters. The van der Waals surface area contributed by atoms with E-state index in [0.717, 1.165) is 41.5 Å². The first-order valence-corrected chi connectivity index (χ1v) is 13.1. The van der Waals surface area contributed by atoms with Crippen LogP contribution in [-0.4, -0.2) is 59.6 Å². The average molecular weight is 573 g/mol. The molecule has 2 aliphatic heterocycles. The third-order valence-electron chi connectivity index (χ3n) is 5.91. The Hall–Kier alpha value is -3.11. The second-order valence-electron chi connectivity index (χ2n) is 8.50. The Morgan fingerprint density at radius 2 is 1.78 bits per heavy atom. The molecule has 2 saturated heterocycles. The number of methoxy groups -OCH3 is 1. The van der Waals surface area contributed by atoms with Crippen molar-refractivity contribution in [3.63, 3.8) is 0 Å². The van der Waals surface area contributed by atoms with Gasteiger partial charge in [0.15, 0.2) is 11.5 Å². The van der Waals surface area contributed by atoms with Crippen LogP contribution in [0.15, 0.2) is 45.8 Å². The van der Waals surface area contributed by atoms with Crippen molar-refractivity contribution >= 4 is 56.8 Å². The average Bonchev–Trinajstić information content (AvgIpc) is 3.13. The van der Waals surface area contributed by atoms with Crippen molar-refractivity contribution in [2.75, 3.05) is 26.7 Å². The predicted molar refractivity (Wildman–Crippen MR) is 140 cm³/mol. The third-order valence-corrected chi connectivity index (χ3v) is 7.40. The van der Waals surface area contributed by atoms with E-state index in [1.165, 1.54) is 7.11 Å². The fourth-order valence-corrected chi connectivity index (χ4v) is 5.31. The number of piperidine rings is 1. The molecule has 4 rings (SSSR count). The SMILES string of the molecule is COc1cc(/C=C2\SC(=O)N(CC(=O)N3CCCCC3)C2=O)cc(Br)c1OC(=O)c1ccc(C)cc1. The molecule has 2 aliphatic rings. The van der Waals surface area contributed by atoms with Gasteiger partial charge in [0.25, 0.3) is 11.1 Å². The van der Waals surface area contributed by atoms with Gasteiger partial charge in [-0.05, 0) is 89.8 Å². The fraction of sp³-hybridized carbons (Fsp3) is 0.308. The summed E-state index contributed by atoms with van der Waals surface area (Å²) in [5.74, 6) is -0.806. The smallest absolute Gasteiger partial charge is 0.343 e. The molecular formula is C26H25BrN2O6S. The van der Waals surface area contributed by atoms with Gasteiger partial charge in [-0.25, -0.2) is 4.79 Å². The van der Waals surface area contributed by atoms with Gasteiger partial charge in [0.1, 0.15) is 6.54 Å². The van der Waals surface area contributed by atoms with Crippen molar-refractivity contribution < 1.29 is 28.7 Å². The second-order valence-corrected chi connectivity index (χ2v) is 10.3. The van der Waals surface area contributed by atoms with Crippen LogP contribution in [-0.2, 0) is 9.59 Å². The highest BCUT2D eigenvalue weighted by Gasteiger charge is 2.37. The van der Waals surface area contributed by atoms with Crippen LogP contribution in [0.2, 0.25) is 0 Å². The molecule has 0 saturated carbocycles. The van der Waals surface area contributed by atoms with Gasteiger partial charge in [0.05, 0.1) is 22.1 Å². The number of benzene rings is 2. The summed E-state index contributed by atoms with van der Waals surface area (Å²) in [5.41, 5.74) is 1.98. The number of hydrogen-bond acceptors (Lipinski definition) is 7. The number of nitrogens with zero attached hydrogens (tertiary/aromatic N) is 2. The summed E-state index contributed by atoms with van der Waals surface area (Å²) < 4.78 is 11.4. The summed E-state index contributed by atoms with van der Waals surface area (Å²) in [7, 11) is 1.44. The van der Waals surface area contributed by atoms with E-state index in [1.807, 2.05) is 19.1 Å². The molecule has 36 heavy (non-hydrogen) atoms. The van der Waals surface area contributed by atoms with Gasteiger partial charge in [-0.15, -0.1) is 0 Å². The maximum absolute atomic E-state index is 12.9. The van der Waals surface area contributed by atoms with Crippen LogP contribution in [0, 0.1) is 6.92 Å². The van der Waals surface area contributed by atoms with Crippen molar-refractivity contribution in [2.24, 2.45) is 0 Å². The van der Waals surface area contributed by atoms with Crippen molar-refractivity contribution in [1.82, 2.24) is 9.80 Å². The Morgan fingerprint density at radius 1 is 1.08 bits per heavy atom. The maximum atomic E-state index is 12.9. The number of rotatable bonds is 6. The molecule has 0 aromatic heterocycles. The zero-order valence-electron chi connectivity index (χ0n) is 19.9. The Labute approximate surface area is 221 Å². The summed E-state index contributed by atoms with van der Waals surface area (Å²) in [6.45, 7) is 2.97. The molecule has 0 aliphatic carbocycles. The molecule has 0 spiro atoms. The van der Waals surface area contributed by atoms with Crippen molar-refractivity contribution in [3.8, 4) is 11.5 Å². The van der Waals surface area contributed by atoms with E-state index < -0.39 is 17.1 Å². The topological polar surface area (TPSA) is 93.2 Å². The van der Waals surface area contributed by atoms with E-state index in [0.29, 0.717) is 28.7 Å². The molecule has 2 aromatic rings. The predicted octanol–water partition coefficient (Wildman–Crippen LogP) is 5.03. The molecule has 3 amide bonds. The highest BCUT2D eigenvalue weighted by molar-refractivity contribution is 9.10. The van der Waals surface area contributed by atoms with E-state index in [-0.39, 0.29) is 28.9 Å². The summed E-state index contributed by atoms with van der Waals surface area (Å²) in [5, 5.41) is -0.480. The van der Waals surface area contributed by atoms with Gasteiger partial charge in [-0.3, -0.25) is 19.3 Å². The molecule has 0 radical (unpaired) electrons. The quantitative estimate of drug-likeness (QED) is 0.272. The lowest BCUT2D eigenvalue weighted by Gasteiger charge is -2.27. The Morgan fingerprint density at radius 3 is 2.44 bits per heavy atom. The van der Waals surface area contributed by atoms with Gasteiger partial charge in [-0.1, -0.05) is 17.7 Å². The molecule has 0 N–H and O–H groups in total. The number of likely N-dealkylation sites (tertiary alicyclic amines) is 1. The van der Waals surface area contributed by atoms with Crippen LogP contribution in [0.4, 0.5) is 4.79 Å². The number of imide groups is 1. The van der Waals surface area contributed by atoms with Crippen LogP contribution in [0.5, 0.6) is 11.5 Å². The molecule has 188 valence electrons. The molecule has 10 heteroatoms. The summed E-state index contributed by atoms with van der Waals surface area (Å²) in [4.78, 5) is 53.4. The number of carbonyl (C=O) groups is 4. The summed E-state index contributed by atoms with van der Waals surface area (Å²) >= 11 is 4.19. The van der Waals surface area contributed by atoms with Crippen LogP contribution in [0.1, 0.15) is 40.7 Å². The zero-order chi connectivity index (χ0) is 25.8. The van der Waals surface area contributed by atoms with Gasteiger partial charge in [-0.2, -0.15) is 0 Å². The number of hydrogen-bond donors (Lipinski definition) is 0. The third kappa shape index (κ3) is 5.82. The van der Waals surface area contributed by atoms with Crippen LogP contribution in [0.3, 0.4) is 0 Å². The minimum absolute atomic E-state index is 0.195. The van der Waals surface area contributed by atoms with Crippen LogP contribution < -0.4 is 9.47 Å². The highest BCUT2D eigenvalue weighted by Crippen LogP contribution is 2.39. The molecule has 2 fully saturated rings. The number of aryl methyl sites for hydroxylation is 1. The number of halogens is 1. The summed E-state index contributed by atoms with van der Waals surface area (Å²) in [6.07, 6.45) is 4.49. The normalized spacial score (nSPS) is 17.0. The van der Waals surface area contributed by atoms with Gasteiger partial charge < -0.3 is 14.4 Å². The largest absolute Gasteiger partial charge is 0.493 e. The Balaban J connectivity index is 1.51. The maximum Gasteiger partial charge on any atom is 0.343 e.